The fourth-order valence-electron chi connectivity index (χ4n) is 1.70. The van der Waals surface area contributed by atoms with Gasteiger partial charge in [-0.3, -0.25) is 0 Å². The third-order valence-electron chi connectivity index (χ3n) is 2.80. The maximum atomic E-state index is 10.7. The van der Waals surface area contributed by atoms with Crippen molar-refractivity contribution < 1.29 is 15.0 Å². The molecule has 2 rings (SSSR count). The van der Waals surface area contributed by atoms with Gasteiger partial charge in [0.15, 0.2) is 0 Å². The molecule has 0 fully saturated rings. The molecule has 5 heteroatoms. The number of carboxylic acid groups (broad SMARTS) is 1. The Morgan fingerprint density at radius 3 is 2.58 bits per heavy atom. The summed E-state index contributed by atoms with van der Waals surface area (Å²) in [4.78, 5) is 10.7. The molecule has 0 aliphatic heterocycles. The van der Waals surface area contributed by atoms with Gasteiger partial charge < -0.3 is 15.5 Å². The summed E-state index contributed by atoms with van der Waals surface area (Å²) < 4.78 is 0. The van der Waals surface area contributed by atoms with Crippen molar-refractivity contribution in [3.05, 3.63) is 57.8 Å². The molecule has 0 aliphatic rings. The molecule has 1 heterocycles. The van der Waals surface area contributed by atoms with Gasteiger partial charge in [-0.1, -0.05) is 12.1 Å². The van der Waals surface area contributed by atoms with Crippen LogP contribution in [0.25, 0.3) is 0 Å². The molecule has 0 spiro atoms. The van der Waals surface area contributed by atoms with E-state index in [2.05, 4.69) is 5.32 Å². The molecule has 0 saturated carbocycles. The van der Waals surface area contributed by atoms with Gasteiger partial charge in [0.1, 0.15) is 0 Å². The third-order valence-corrected chi connectivity index (χ3v) is 3.50. The van der Waals surface area contributed by atoms with Crippen molar-refractivity contribution in [2.75, 3.05) is 6.54 Å². The highest BCUT2D eigenvalue weighted by Crippen LogP contribution is 2.15. The minimum absolute atomic E-state index is 0.280. The fourth-order valence-corrected chi connectivity index (χ4v) is 2.41. The first-order valence-electron chi connectivity index (χ1n) is 5.90. The zero-order chi connectivity index (χ0) is 13.7. The van der Waals surface area contributed by atoms with Gasteiger partial charge in [-0.2, -0.15) is 11.3 Å². The van der Waals surface area contributed by atoms with Gasteiger partial charge >= 0.3 is 5.97 Å². The summed E-state index contributed by atoms with van der Waals surface area (Å²) in [5, 5.41) is 25.7. The number of aliphatic hydroxyl groups is 1. The molecular weight excluding hydrogens is 262 g/mol. The SMILES string of the molecule is O=C(O)c1ccc(CNCC(O)c2ccsc2)cc1. The fraction of sp³-hybridized carbons (Fsp3) is 0.214. The van der Waals surface area contributed by atoms with Gasteiger partial charge in [0.2, 0.25) is 0 Å². The van der Waals surface area contributed by atoms with E-state index in [-0.39, 0.29) is 5.56 Å². The van der Waals surface area contributed by atoms with Gasteiger partial charge in [0, 0.05) is 13.1 Å². The van der Waals surface area contributed by atoms with Crippen molar-refractivity contribution in [1.29, 1.82) is 0 Å². The van der Waals surface area contributed by atoms with E-state index < -0.39 is 12.1 Å². The summed E-state index contributed by atoms with van der Waals surface area (Å²) >= 11 is 1.56. The van der Waals surface area contributed by atoms with Crippen LogP contribution in [0.3, 0.4) is 0 Å². The Morgan fingerprint density at radius 2 is 2.00 bits per heavy atom. The van der Waals surface area contributed by atoms with E-state index in [1.54, 1.807) is 35.6 Å². The molecule has 0 radical (unpaired) electrons. The van der Waals surface area contributed by atoms with E-state index in [0.717, 1.165) is 11.1 Å². The third kappa shape index (κ3) is 3.89. The number of thiophene rings is 1. The topological polar surface area (TPSA) is 69.6 Å². The second-order valence-corrected chi connectivity index (χ2v) is 4.99. The van der Waals surface area contributed by atoms with Crippen LogP contribution in [-0.4, -0.2) is 22.7 Å². The van der Waals surface area contributed by atoms with Gasteiger partial charge in [0.05, 0.1) is 11.7 Å². The quantitative estimate of drug-likeness (QED) is 0.757. The van der Waals surface area contributed by atoms with Crippen LogP contribution in [-0.2, 0) is 6.54 Å². The molecule has 1 aromatic heterocycles. The second-order valence-electron chi connectivity index (χ2n) is 4.21. The van der Waals surface area contributed by atoms with Gasteiger partial charge in [-0.15, -0.1) is 0 Å². The zero-order valence-electron chi connectivity index (χ0n) is 10.2. The number of hydrogen-bond donors (Lipinski definition) is 3. The molecule has 4 nitrogen and oxygen atoms in total. The normalized spacial score (nSPS) is 12.3. The zero-order valence-corrected chi connectivity index (χ0v) is 11.1. The van der Waals surface area contributed by atoms with E-state index in [0.29, 0.717) is 13.1 Å². The lowest BCUT2D eigenvalue weighted by atomic mass is 10.1. The number of rotatable bonds is 6. The summed E-state index contributed by atoms with van der Waals surface area (Å²) in [6.07, 6.45) is -0.510. The van der Waals surface area contributed by atoms with E-state index in [9.17, 15) is 9.90 Å². The van der Waals surface area contributed by atoms with Crippen LogP contribution in [0.4, 0.5) is 0 Å². The smallest absolute Gasteiger partial charge is 0.335 e. The highest BCUT2D eigenvalue weighted by Gasteiger charge is 2.07. The first kappa shape index (κ1) is 13.7. The number of carbonyl (C=O) groups is 1. The summed E-state index contributed by atoms with van der Waals surface area (Å²) in [5.41, 5.74) is 2.18. The van der Waals surface area contributed by atoms with Crippen molar-refractivity contribution in [3.8, 4) is 0 Å². The van der Waals surface area contributed by atoms with Crippen LogP contribution < -0.4 is 5.32 Å². The molecule has 19 heavy (non-hydrogen) atoms. The van der Waals surface area contributed by atoms with E-state index in [1.807, 2.05) is 16.8 Å². The lowest BCUT2D eigenvalue weighted by Gasteiger charge is -2.10. The lowest BCUT2D eigenvalue weighted by Crippen LogP contribution is -2.20. The van der Waals surface area contributed by atoms with E-state index in [1.165, 1.54) is 0 Å². The summed E-state index contributed by atoms with van der Waals surface area (Å²) in [6.45, 7) is 1.07. The average molecular weight is 277 g/mol. The van der Waals surface area contributed by atoms with Crippen molar-refractivity contribution >= 4 is 17.3 Å². The van der Waals surface area contributed by atoms with Crippen LogP contribution >= 0.6 is 11.3 Å². The Bertz CT molecular complexity index is 522. The summed E-state index contributed by atoms with van der Waals surface area (Å²) in [5.74, 6) is -0.924. The predicted molar refractivity (Wildman–Crippen MR) is 74.4 cm³/mol. The van der Waals surface area contributed by atoms with E-state index in [4.69, 9.17) is 5.11 Å². The number of hydrogen-bond acceptors (Lipinski definition) is 4. The molecule has 100 valence electrons. The maximum absolute atomic E-state index is 10.7. The van der Waals surface area contributed by atoms with Crippen molar-refractivity contribution in [1.82, 2.24) is 5.32 Å². The average Bonchev–Trinajstić information content (AvgIpc) is 2.93. The number of aromatic carboxylic acids is 1. The molecule has 0 amide bonds. The van der Waals surface area contributed by atoms with Gasteiger partial charge in [0.25, 0.3) is 0 Å². The van der Waals surface area contributed by atoms with Crippen molar-refractivity contribution in [2.24, 2.45) is 0 Å². The molecule has 0 aliphatic carbocycles. The standard InChI is InChI=1S/C14H15NO3S/c16-13(12-5-6-19-9-12)8-15-7-10-1-3-11(4-2-10)14(17)18/h1-6,9,13,15-16H,7-8H2,(H,17,18). The molecule has 0 saturated heterocycles. The summed E-state index contributed by atoms with van der Waals surface area (Å²) in [7, 11) is 0. The van der Waals surface area contributed by atoms with Crippen LogP contribution in [0.1, 0.15) is 27.6 Å². The first-order valence-corrected chi connectivity index (χ1v) is 6.84. The lowest BCUT2D eigenvalue weighted by molar-refractivity contribution is 0.0697. The Kier molecular flexibility index (Phi) is 4.68. The van der Waals surface area contributed by atoms with Crippen LogP contribution in [0.2, 0.25) is 0 Å². The van der Waals surface area contributed by atoms with Gasteiger partial charge in [-0.05, 0) is 40.1 Å². The van der Waals surface area contributed by atoms with E-state index >= 15 is 0 Å². The molecule has 3 N–H and O–H groups in total. The maximum Gasteiger partial charge on any atom is 0.335 e. The van der Waals surface area contributed by atoms with Crippen LogP contribution in [0.5, 0.6) is 0 Å². The monoisotopic (exact) mass is 277 g/mol. The Labute approximate surface area is 115 Å². The van der Waals surface area contributed by atoms with Crippen molar-refractivity contribution in [2.45, 2.75) is 12.6 Å². The molecule has 1 unspecified atom stereocenters. The number of benzene rings is 1. The molecule has 2 aromatic rings. The molecule has 1 atom stereocenters. The Hall–Kier alpha value is -1.69. The number of aliphatic hydroxyl groups excluding tert-OH is 1. The number of carboxylic acids is 1. The molecule has 1 aromatic carbocycles. The minimum atomic E-state index is -0.924. The predicted octanol–water partition coefficient (Wildman–Crippen LogP) is 2.27. The Balaban J connectivity index is 1.81. The Morgan fingerprint density at radius 1 is 1.26 bits per heavy atom. The first-order chi connectivity index (χ1) is 9.16. The largest absolute Gasteiger partial charge is 0.478 e. The van der Waals surface area contributed by atoms with Crippen molar-refractivity contribution in [3.63, 3.8) is 0 Å². The minimum Gasteiger partial charge on any atom is -0.478 e. The molecule has 0 bridgehead atoms. The highest BCUT2D eigenvalue weighted by molar-refractivity contribution is 7.07. The van der Waals surface area contributed by atoms with Crippen LogP contribution in [0, 0.1) is 0 Å². The highest BCUT2D eigenvalue weighted by atomic mass is 32.1. The summed E-state index contributed by atoms with van der Waals surface area (Å²) in [6, 6.07) is 8.60. The van der Waals surface area contributed by atoms with Gasteiger partial charge in [-0.25, -0.2) is 4.79 Å². The molecular formula is C14H15NO3S. The number of nitrogens with one attached hydrogen (secondary N) is 1. The van der Waals surface area contributed by atoms with Crippen LogP contribution in [0.15, 0.2) is 41.1 Å². The second kappa shape index (κ2) is 6.47.